The highest BCUT2D eigenvalue weighted by molar-refractivity contribution is 5.80. The normalized spacial score (nSPS) is 27.9. The van der Waals surface area contributed by atoms with E-state index in [0.29, 0.717) is 19.3 Å². The van der Waals surface area contributed by atoms with E-state index >= 15 is 0 Å². The van der Waals surface area contributed by atoms with Crippen molar-refractivity contribution in [3.63, 3.8) is 0 Å². The van der Waals surface area contributed by atoms with Crippen molar-refractivity contribution in [2.75, 3.05) is 13.7 Å². The van der Waals surface area contributed by atoms with E-state index in [1.54, 1.807) is 13.8 Å². The zero-order valence-corrected chi connectivity index (χ0v) is 12.2. The average Bonchev–Trinajstić information content (AvgIpc) is 2.33. The van der Waals surface area contributed by atoms with Gasteiger partial charge < -0.3 is 10.5 Å². The minimum Gasteiger partial charge on any atom is -0.468 e. The molecule has 1 aliphatic rings. The van der Waals surface area contributed by atoms with Crippen LogP contribution in [-0.2, 0) is 9.53 Å². The molecule has 2 atom stereocenters. The molecule has 7 heteroatoms. The molecular weight excluding hydrogens is 273 g/mol. The van der Waals surface area contributed by atoms with Crippen molar-refractivity contribution >= 4 is 5.97 Å². The van der Waals surface area contributed by atoms with Crippen LogP contribution < -0.4 is 5.73 Å². The summed E-state index contributed by atoms with van der Waals surface area (Å²) in [6.07, 6.45) is -2.37. The van der Waals surface area contributed by atoms with Crippen LogP contribution in [0.3, 0.4) is 0 Å². The fourth-order valence-corrected chi connectivity index (χ4v) is 2.89. The summed E-state index contributed by atoms with van der Waals surface area (Å²) in [6.45, 7) is 2.46. The summed E-state index contributed by atoms with van der Waals surface area (Å²) < 4.78 is 42.7. The summed E-state index contributed by atoms with van der Waals surface area (Å²) in [7, 11) is 1.25. The SMILES string of the molecule is COC(=O)C1(N)CCCC(N(CC(F)(F)F)C(C)C)C1. The van der Waals surface area contributed by atoms with Crippen LogP contribution in [0.25, 0.3) is 0 Å². The summed E-state index contributed by atoms with van der Waals surface area (Å²) in [5.41, 5.74) is 4.85. The summed E-state index contributed by atoms with van der Waals surface area (Å²) in [5, 5.41) is 0. The third-order valence-corrected chi connectivity index (χ3v) is 3.85. The van der Waals surface area contributed by atoms with Gasteiger partial charge in [0, 0.05) is 12.1 Å². The van der Waals surface area contributed by atoms with Crippen LogP contribution in [0.4, 0.5) is 13.2 Å². The number of methoxy groups -OCH3 is 1. The van der Waals surface area contributed by atoms with Gasteiger partial charge >= 0.3 is 12.1 Å². The van der Waals surface area contributed by atoms with Crippen molar-refractivity contribution in [1.29, 1.82) is 0 Å². The average molecular weight is 296 g/mol. The van der Waals surface area contributed by atoms with Gasteiger partial charge in [-0.1, -0.05) is 0 Å². The third-order valence-electron chi connectivity index (χ3n) is 3.85. The molecule has 118 valence electrons. The molecule has 0 bridgehead atoms. The molecule has 2 unspecified atom stereocenters. The molecule has 0 heterocycles. The van der Waals surface area contributed by atoms with E-state index in [4.69, 9.17) is 5.73 Å². The topological polar surface area (TPSA) is 55.6 Å². The standard InChI is InChI=1S/C13H23F3N2O2/c1-9(2)18(8-13(14,15)16)10-5-4-6-12(17,7-10)11(19)20-3/h9-10H,4-8,17H2,1-3H3. The Balaban J connectivity index is 2.84. The van der Waals surface area contributed by atoms with Crippen molar-refractivity contribution in [1.82, 2.24) is 4.90 Å². The van der Waals surface area contributed by atoms with E-state index in [9.17, 15) is 18.0 Å². The number of halogens is 3. The van der Waals surface area contributed by atoms with Gasteiger partial charge in [0.2, 0.25) is 0 Å². The van der Waals surface area contributed by atoms with Crippen LogP contribution in [0.2, 0.25) is 0 Å². The number of carbonyl (C=O) groups excluding carboxylic acids is 1. The van der Waals surface area contributed by atoms with E-state index in [1.807, 2.05) is 0 Å². The first-order valence-corrected chi connectivity index (χ1v) is 6.79. The molecule has 4 nitrogen and oxygen atoms in total. The highest BCUT2D eigenvalue weighted by Gasteiger charge is 2.44. The number of carbonyl (C=O) groups is 1. The lowest BCUT2D eigenvalue weighted by atomic mass is 9.79. The molecule has 1 fully saturated rings. The molecule has 0 aromatic heterocycles. The molecule has 1 saturated carbocycles. The lowest BCUT2D eigenvalue weighted by Crippen LogP contribution is -2.58. The quantitative estimate of drug-likeness (QED) is 0.807. The summed E-state index contributed by atoms with van der Waals surface area (Å²) in [6, 6.07) is -0.615. The Morgan fingerprint density at radius 2 is 2.10 bits per heavy atom. The molecule has 1 rings (SSSR count). The second-order valence-electron chi connectivity index (χ2n) is 5.78. The second-order valence-corrected chi connectivity index (χ2v) is 5.78. The van der Waals surface area contributed by atoms with Gasteiger partial charge in [0.25, 0.3) is 0 Å². The van der Waals surface area contributed by atoms with E-state index < -0.39 is 24.2 Å². The van der Waals surface area contributed by atoms with Gasteiger partial charge in [-0.3, -0.25) is 9.69 Å². The first-order chi connectivity index (χ1) is 9.09. The van der Waals surface area contributed by atoms with Crippen molar-refractivity contribution in [3.05, 3.63) is 0 Å². The molecule has 0 saturated heterocycles. The van der Waals surface area contributed by atoms with Crippen LogP contribution in [0.15, 0.2) is 0 Å². The Kier molecular flexibility index (Phi) is 5.43. The van der Waals surface area contributed by atoms with Crippen molar-refractivity contribution in [2.45, 2.75) is 63.3 Å². The zero-order chi connectivity index (χ0) is 15.6. The van der Waals surface area contributed by atoms with Gasteiger partial charge in [0.05, 0.1) is 13.7 Å². The molecule has 0 radical (unpaired) electrons. The van der Waals surface area contributed by atoms with E-state index in [2.05, 4.69) is 4.74 Å². The number of nitrogens with two attached hydrogens (primary N) is 1. The monoisotopic (exact) mass is 296 g/mol. The highest BCUT2D eigenvalue weighted by atomic mass is 19.4. The van der Waals surface area contributed by atoms with Gasteiger partial charge in [0.15, 0.2) is 0 Å². The van der Waals surface area contributed by atoms with Crippen LogP contribution in [0.1, 0.15) is 39.5 Å². The number of hydrogen-bond acceptors (Lipinski definition) is 4. The molecule has 0 aromatic rings. The first-order valence-electron chi connectivity index (χ1n) is 6.79. The first kappa shape index (κ1) is 17.2. The Bertz CT molecular complexity index is 347. The summed E-state index contributed by atoms with van der Waals surface area (Å²) in [4.78, 5) is 13.1. The lowest BCUT2D eigenvalue weighted by Gasteiger charge is -2.43. The molecule has 2 N–H and O–H groups in total. The van der Waals surface area contributed by atoms with Crippen LogP contribution in [0.5, 0.6) is 0 Å². The Hall–Kier alpha value is -0.820. The van der Waals surface area contributed by atoms with Gasteiger partial charge in [-0.2, -0.15) is 13.2 Å². The molecule has 0 spiro atoms. The molecule has 20 heavy (non-hydrogen) atoms. The maximum absolute atomic E-state index is 12.7. The lowest BCUT2D eigenvalue weighted by molar-refractivity contribution is -0.161. The summed E-state index contributed by atoms with van der Waals surface area (Å²) in [5.74, 6) is -0.544. The maximum atomic E-state index is 12.7. The van der Waals surface area contributed by atoms with E-state index in [-0.39, 0.29) is 18.5 Å². The number of alkyl halides is 3. The predicted octanol–water partition coefficient (Wildman–Crippen LogP) is 2.07. The molecule has 1 aliphatic carbocycles. The van der Waals surface area contributed by atoms with Crippen molar-refractivity contribution < 1.29 is 22.7 Å². The Morgan fingerprint density at radius 3 is 2.55 bits per heavy atom. The van der Waals surface area contributed by atoms with Crippen LogP contribution in [0, 0.1) is 0 Å². The smallest absolute Gasteiger partial charge is 0.401 e. The fourth-order valence-electron chi connectivity index (χ4n) is 2.89. The fraction of sp³-hybridized carbons (Fsp3) is 0.923. The number of nitrogens with zero attached hydrogens (tertiary/aromatic N) is 1. The minimum atomic E-state index is -4.26. The van der Waals surface area contributed by atoms with Crippen molar-refractivity contribution in [3.8, 4) is 0 Å². The van der Waals surface area contributed by atoms with E-state index in [0.717, 1.165) is 0 Å². The van der Waals surface area contributed by atoms with E-state index in [1.165, 1.54) is 12.0 Å². The maximum Gasteiger partial charge on any atom is 0.401 e. The van der Waals surface area contributed by atoms with Crippen LogP contribution in [-0.4, -0.2) is 48.3 Å². The Morgan fingerprint density at radius 1 is 1.50 bits per heavy atom. The second kappa shape index (κ2) is 6.30. The third kappa shape index (κ3) is 4.34. The number of ether oxygens (including phenoxy) is 1. The molecular formula is C13H23F3N2O2. The van der Waals surface area contributed by atoms with Crippen molar-refractivity contribution in [2.24, 2.45) is 5.73 Å². The van der Waals surface area contributed by atoms with Gasteiger partial charge in [-0.05, 0) is 39.5 Å². The zero-order valence-electron chi connectivity index (χ0n) is 12.2. The molecule has 0 amide bonds. The largest absolute Gasteiger partial charge is 0.468 e. The van der Waals surface area contributed by atoms with Gasteiger partial charge in [0.1, 0.15) is 5.54 Å². The summed E-state index contributed by atoms with van der Waals surface area (Å²) >= 11 is 0. The van der Waals surface area contributed by atoms with Gasteiger partial charge in [-0.25, -0.2) is 0 Å². The minimum absolute atomic E-state index is 0.202. The molecule has 0 aliphatic heterocycles. The number of hydrogen-bond donors (Lipinski definition) is 1. The Labute approximate surface area is 117 Å². The predicted molar refractivity (Wildman–Crippen MR) is 69.1 cm³/mol. The highest BCUT2D eigenvalue weighted by Crippen LogP contribution is 2.33. The number of esters is 1. The van der Waals surface area contributed by atoms with Gasteiger partial charge in [-0.15, -0.1) is 0 Å². The van der Waals surface area contributed by atoms with Crippen LogP contribution >= 0.6 is 0 Å². The number of rotatable bonds is 4. The molecule has 0 aromatic carbocycles.